The summed E-state index contributed by atoms with van der Waals surface area (Å²) in [5, 5.41) is 0. The van der Waals surface area contributed by atoms with E-state index in [2.05, 4.69) is 27.8 Å². The highest BCUT2D eigenvalue weighted by Gasteiger charge is 2.45. The first-order valence-electron chi connectivity index (χ1n) is 8.86. The van der Waals surface area contributed by atoms with Crippen molar-refractivity contribution in [2.45, 2.75) is 44.5 Å². The van der Waals surface area contributed by atoms with E-state index in [0.717, 1.165) is 51.4 Å². The van der Waals surface area contributed by atoms with Crippen molar-refractivity contribution in [3.05, 3.63) is 29.6 Å². The molecule has 0 saturated carbocycles. The zero-order valence-corrected chi connectivity index (χ0v) is 14.2. The molecule has 2 atom stereocenters. The molecule has 1 amide bonds. The summed E-state index contributed by atoms with van der Waals surface area (Å²) >= 11 is 0. The van der Waals surface area contributed by atoms with Crippen molar-refractivity contribution in [1.29, 1.82) is 0 Å². The Hall–Kier alpha value is -1.50. The Balaban J connectivity index is 1.47. The van der Waals surface area contributed by atoms with Gasteiger partial charge in [0.15, 0.2) is 0 Å². The number of nitrogens with zero attached hydrogens (tertiary/aromatic N) is 3. The second kappa shape index (κ2) is 6.78. The summed E-state index contributed by atoms with van der Waals surface area (Å²) in [5.41, 5.74) is 2.32. The number of hydrogen-bond acceptors (Lipinski definition) is 5. The van der Waals surface area contributed by atoms with Crippen LogP contribution in [0.4, 0.5) is 0 Å². The fourth-order valence-electron chi connectivity index (χ4n) is 4.16. The van der Waals surface area contributed by atoms with Gasteiger partial charge in [0.05, 0.1) is 17.8 Å². The molecule has 0 unspecified atom stereocenters. The van der Waals surface area contributed by atoms with Gasteiger partial charge in [-0.05, 0) is 31.4 Å². The van der Waals surface area contributed by atoms with Gasteiger partial charge in [-0.3, -0.25) is 14.7 Å². The highest BCUT2D eigenvalue weighted by atomic mass is 16.5. The lowest BCUT2D eigenvalue weighted by Crippen LogP contribution is -2.58. The lowest BCUT2D eigenvalue weighted by atomic mass is 10.0. The number of morpholine rings is 1. The van der Waals surface area contributed by atoms with Crippen molar-refractivity contribution in [2.75, 3.05) is 32.9 Å². The Morgan fingerprint density at radius 3 is 2.92 bits per heavy atom. The van der Waals surface area contributed by atoms with E-state index in [-0.39, 0.29) is 24.7 Å². The topological polar surface area (TPSA) is 54.9 Å². The van der Waals surface area contributed by atoms with Gasteiger partial charge in [0.25, 0.3) is 0 Å². The summed E-state index contributed by atoms with van der Waals surface area (Å²) in [6, 6.07) is 4.54. The largest absolute Gasteiger partial charge is 0.381 e. The fourth-order valence-corrected chi connectivity index (χ4v) is 4.16. The smallest absolute Gasteiger partial charge is 0.249 e. The highest BCUT2D eigenvalue weighted by Crippen LogP contribution is 2.29. The maximum Gasteiger partial charge on any atom is 0.249 e. The molecule has 0 aliphatic carbocycles. The van der Waals surface area contributed by atoms with E-state index in [4.69, 9.17) is 9.47 Å². The number of likely N-dealkylation sites (tertiary alicyclic amines) is 1. The molecule has 0 radical (unpaired) electrons. The molecule has 1 aromatic rings. The summed E-state index contributed by atoms with van der Waals surface area (Å²) in [5.74, 6) is 0.138. The lowest BCUT2D eigenvalue weighted by Gasteiger charge is -2.43. The quantitative estimate of drug-likeness (QED) is 0.826. The lowest BCUT2D eigenvalue weighted by molar-refractivity contribution is -0.159. The van der Waals surface area contributed by atoms with Crippen LogP contribution < -0.4 is 0 Å². The first kappa shape index (κ1) is 16.0. The molecule has 0 bridgehead atoms. The third-order valence-electron chi connectivity index (χ3n) is 5.45. The molecule has 3 aliphatic rings. The Kier molecular flexibility index (Phi) is 4.52. The molecule has 3 fully saturated rings. The molecule has 24 heavy (non-hydrogen) atoms. The van der Waals surface area contributed by atoms with Crippen LogP contribution in [-0.2, 0) is 20.8 Å². The van der Waals surface area contributed by atoms with Crippen LogP contribution in [0.15, 0.2) is 18.3 Å². The van der Waals surface area contributed by atoms with Gasteiger partial charge >= 0.3 is 0 Å². The zero-order chi connectivity index (χ0) is 16.5. The van der Waals surface area contributed by atoms with Crippen molar-refractivity contribution < 1.29 is 14.3 Å². The second-order valence-electron chi connectivity index (χ2n) is 7.02. The minimum absolute atomic E-state index is 0.120. The van der Waals surface area contributed by atoms with E-state index in [1.54, 1.807) is 0 Å². The van der Waals surface area contributed by atoms with Crippen LogP contribution in [0.1, 0.15) is 24.1 Å². The van der Waals surface area contributed by atoms with Crippen LogP contribution in [0.25, 0.3) is 0 Å². The van der Waals surface area contributed by atoms with E-state index in [9.17, 15) is 4.79 Å². The van der Waals surface area contributed by atoms with Gasteiger partial charge in [-0.25, -0.2) is 0 Å². The molecular formula is C18H25N3O3. The maximum atomic E-state index is 12.5. The molecule has 0 spiro atoms. The molecule has 6 heteroatoms. The van der Waals surface area contributed by atoms with Gasteiger partial charge < -0.3 is 14.4 Å². The SMILES string of the molecule is Cc1cccnc1CN1C[C@@H]2OCC(=O)N(C3CCOCC3)[C@H]2C1. The molecule has 0 aromatic carbocycles. The third-order valence-corrected chi connectivity index (χ3v) is 5.45. The van der Waals surface area contributed by atoms with Crippen LogP contribution in [0.2, 0.25) is 0 Å². The van der Waals surface area contributed by atoms with Gasteiger partial charge in [0.1, 0.15) is 6.61 Å². The van der Waals surface area contributed by atoms with E-state index >= 15 is 0 Å². The number of aryl methyl sites for hydroxylation is 1. The number of carbonyl (C=O) groups is 1. The number of pyridine rings is 1. The number of aromatic nitrogens is 1. The van der Waals surface area contributed by atoms with Gasteiger partial charge in [-0.1, -0.05) is 6.07 Å². The molecule has 0 N–H and O–H groups in total. The Labute approximate surface area is 142 Å². The summed E-state index contributed by atoms with van der Waals surface area (Å²) in [4.78, 5) is 21.5. The van der Waals surface area contributed by atoms with Gasteiger partial charge in [0, 0.05) is 45.1 Å². The Morgan fingerprint density at radius 2 is 2.12 bits per heavy atom. The summed E-state index contributed by atoms with van der Waals surface area (Å²) in [6.45, 7) is 6.37. The summed E-state index contributed by atoms with van der Waals surface area (Å²) in [6.07, 6.45) is 3.84. The number of ether oxygens (including phenoxy) is 2. The number of amides is 1. The van der Waals surface area contributed by atoms with Crippen LogP contribution in [0.3, 0.4) is 0 Å². The molecule has 6 nitrogen and oxygen atoms in total. The first-order valence-corrected chi connectivity index (χ1v) is 8.86. The highest BCUT2D eigenvalue weighted by molar-refractivity contribution is 5.79. The van der Waals surface area contributed by atoms with Gasteiger partial charge in [0.2, 0.25) is 5.91 Å². The number of hydrogen-bond donors (Lipinski definition) is 0. The number of rotatable bonds is 3. The van der Waals surface area contributed by atoms with E-state index in [1.807, 2.05) is 12.3 Å². The normalized spacial score (nSPS) is 29.0. The molecule has 4 heterocycles. The van der Waals surface area contributed by atoms with Crippen molar-refractivity contribution >= 4 is 5.91 Å². The van der Waals surface area contributed by atoms with Gasteiger partial charge in [-0.15, -0.1) is 0 Å². The average molecular weight is 331 g/mol. The maximum absolute atomic E-state index is 12.5. The molecule has 4 rings (SSSR count). The second-order valence-corrected chi connectivity index (χ2v) is 7.02. The Bertz CT molecular complexity index is 603. The van der Waals surface area contributed by atoms with Crippen molar-refractivity contribution in [1.82, 2.24) is 14.8 Å². The van der Waals surface area contributed by atoms with Crippen LogP contribution in [0.5, 0.6) is 0 Å². The van der Waals surface area contributed by atoms with Crippen LogP contribution in [-0.4, -0.2) is 71.8 Å². The van der Waals surface area contributed by atoms with Crippen molar-refractivity contribution in [3.63, 3.8) is 0 Å². The first-order chi connectivity index (χ1) is 11.7. The number of carbonyl (C=O) groups excluding carboxylic acids is 1. The average Bonchev–Trinajstić information content (AvgIpc) is 3.00. The summed E-state index contributed by atoms with van der Waals surface area (Å²) in [7, 11) is 0. The molecule has 1 aromatic heterocycles. The minimum Gasteiger partial charge on any atom is -0.381 e. The summed E-state index contributed by atoms with van der Waals surface area (Å²) < 4.78 is 11.3. The standard InChI is InChI=1S/C18H25N3O3/c1-13-3-2-6-19-15(13)9-20-10-16-17(11-20)24-12-18(22)21(16)14-4-7-23-8-5-14/h2-3,6,14,16-17H,4-5,7-12H2,1H3/t16-,17-/m0/s1. The molecule has 3 saturated heterocycles. The molecule has 3 aliphatic heterocycles. The van der Waals surface area contributed by atoms with Crippen LogP contribution >= 0.6 is 0 Å². The van der Waals surface area contributed by atoms with Gasteiger partial charge in [-0.2, -0.15) is 0 Å². The predicted octanol–water partition coefficient (Wildman–Crippen LogP) is 0.981. The zero-order valence-electron chi connectivity index (χ0n) is 14.2. The van der Waals surface area contributed by atoms with E-state index in [0.29, 0.717) is 6.04 Å². The predicted molar refractivity (Wildman–Crippen MR) is 88.5 cm³/mol. The Morgan fingerprint density at radius 1 is 1.29 bits per heavy atom. The van der Waals surface area contributed by atoms with Crippen molar-refractivity contribution in [2.24, 2.45) is 0 Å². The minimum atomic E-state index is 0.120. The number of fused-ring (bicyclic) bond motifs is 1. The van der Waals surface area contributed by atoms with E-state index in [1.165, 1.54) is 5.56 Å². The molecular weight excluding hydrogens is 306 g/mol. The fraction of sp³-hybridized carbons (Fsp3) is 0.667. The van der Waals surface area contributed by atoms with Crippen molar-refractivity contribution in [3.8, 4) is 0 Å². The van der Waals surface area contributed by atoms with E-state index < -0.39 is 0 Å². The molecule has 130 valence electrons. The third kappa shape index (κ3) is 3.06. The monoisotopic (exact) mass is 331 g/mol. The van der Waals surface area contributed by atoms with Crippen LogP contribution in [0, 0.1) is 6.92 Å².